The van der Waals surface area contributed by atoms with Crippen LogP contribution in [0.3, 0.4) is 0 Å². The molecule has 1 aliphatic heterocycles. The summed E-state index contributed by atoms with van der Waals surface area (Å²) in [6, 6.07) is 0. The standard InChI is InChI=1S/C9H12BrN3O/c1-14-6-4-13(5-6)9-7(10)2-12-3-8(9)11/h2-3,6H,4-5,11H2,1H3. The zero-order valence-electron chi connectivity index (χ0n) is 7.90. The van der Waals surface area contributed by atoms with Crippen LogP contribution in [0.15, 0.2) is 16.9 Å². The average molecular weight is 258 g/mol. The van der Waals surface area contributed by atoms with Crippen LogP contribution >= 0.6 is 15.9 Å². The summed E-state index contributed by atoms with van der Waals surface area (Å²) < 4.78 is 6.14. The molecule has 2 N–H and O–H groups in total. The number of nitrogen functional groups attached to an aromatic ring is 1. The molecular formula is C9H12BrN3O. The molecule has 14 heavy (non-hydrogen) atoms. The highest BCUT2D eigenvalue weighted by Crippen LogP contribution is 2.34. The fraction of sp³-hybridized carbons (Fsp3) is 0.444. The van der Waals surface area contributed by atoms with Gasteiger partial charge in [-0.25, -0.2) is 0 Å². The summed E-state index contributed by atoms with van der Waals surface area (Å²) in [5.74, 6) is 0. The molecule has 0 radical (unpaired) electrons. The van der Waals surface area contributed by atoms with Gasteiger partial charge in [-0.2, -0.15) is 0 Å². The Morgan fingerprint density at radius 3 is 2.86 bits per heavy atom. The number of anilines is 2. The van der Waals surface area contributed by atoms with Crippen LogP contribution in [-0.2, 0) is 4.74 Å². The van der Waals surface area contributed by atoms with Crippen LogP contribution in [-0.4, -0.2) is 31.3 Å². The zero-order valence-corrected chi connectivity index (χ0v) is 9.49. The molecule has 1 aromatic rings. The maximum atomic E-state index is 5.84. The summed E-state index contributed by atoms with van der Waals surface area (Å²) in [5.41, 5.74) is 7.57. The van der Waals surface area contributed by atoms with Gasteiger partial charge in [0.2, 0.25) is 0 Å². The van der Waals surface area contributed by atoms with Gasteiger partial charge >= 0.3 is 0 Å². The van der Waals surface area contributed by atoms with Gasteiger partial charge in [-0.3, -0.25) is 4.98 Å². The van der Waals surface area contributed by atoms with E-state index in [9.17, 15) is 0 Å². The van der Waals surface area contributed by atoms with Crippen molar-refractivity contribution < 1.29 is 4.74 Å². The zero-order chi connectivity index (χ0) is 10.1. The van der Waals surface area contributed by atoms with Crippen molar-refractivity contribution in [3.05, 3.63) is 16.9 Å². The van der Waals surface area contributed by atoms with Crippen LogP contribution in [0.1, 0.15) is 0 Å². The second kappa shape index (κ2) is 3.74. The lowest BCUT2D eigenvalue weighted by Crippen LogP contribution is -2.52. The van der Waals surface area contributed by atoms with Gasteiger partial charge in [-0.15, -0.1) is 0 Å². The van der Waals surface area contributed by atoms with Crippen molar-refractivity contribution in [2.24, 2.45) is 0 Å². The third-order valence-electron chi connectivity index (χ3n) is 2.40. The van der Waals surface area contributed by atoms with Crippen molar-refractivity contribution in [2.75, 3.05) is 30.8 Å². The fourth-order valence-electron chi connectivity index (χ4n) is 1.55. The van der Waals surface area contributed by atoms with Crippen LogP contribution in [0, 0.1) is 0 Å². The van der Waals surface area contributed by atoms with Crippen molar-refractivity contribution >= 4 is 27.3 Å². The van der Waals surface area contributed by atoms with Gasteiger partial charge in [-0.05, 0) is 15.9 Å². The molecule has 0 aliphatic carbocycles. The van der Waals surface area contributed by atoms with E-state index < -0.39 is 0 Å². The molecule has 0 spiro atoms. The number of pyridine rings is 1. The highest BCUT2D eigenvalue weighted by Gasteiger charge is 2.29. The first kappa shape index (κ1) is 9.73. The van der Waals surface area contributed by atoms with Crippen LogP contribution < -0.4 is 10.6 Å². The monoisotopic (exact) mass is 257 g/mol. The van der Waals surface area contributed by atoms with E-state index in [2.05, 4.69) is 25.8 Å². The number of methoxy groups -OCH3 is 1. The summed E-state index contributed by atoms with van der Waals surface area (Å²) in [6.07, 6.45) is 3.75. The molecule has 5 heteroatoms. The van der Waals surface area contributed by atoms with Gasteiger partial charge in [0.25, 0.3) is 0 Å². The Labute approximate surface area is 91.2 Å². The number of nitrogens with two attached hydrogens (primary N) is 1. The van der Waals surface area contributed by atoms with E-state index in [-0.39, 0.29) is 0 Å². The van der Waals surface area contributed by atoms with Gasteiger partial charge in [0.15, 0.2) is 0 Å². The van der Waals surface area contributed by atoms with Crippen molar-refractivity contribution in [3.63, 3.8) is 0 Å². The second-order valence-corrected chi connectivity index (χ2v) is 4.18. The van der Waals surface area contributed by atoms with Crippen molar-refractivity contribution in [1.29, 1.82) is 0 Å². The van der Waals surface area contributed by atoms with Gasteiger partial charge in [0.1, 0.15) is 0 Å². The van der Waals surface area contributed by atoms with Crippen LogP contribution in [0.2, 0.25) is 0 Å². The number of nitrogens with zero attached hydrogens (tertiary/aromatic N) is 2. The van der Waals surface area contributed by atoms with Crippen LogP contribution in [0.5, 0.6) is 0 Å². The van der Waals surface area contributed by atoms with Gasteiger partial charge in [0.05, 0.1) is 28.1 Å². The minimum Gasteiger partial charge on any atom is -0.396 e. The first-order chi connectivity index (χ1) is 6.72. The molecule has 0 aromatic carbocycles. The third kappa shape index (κ3) is 1.57. The number of halogens is 1. The van der Waals surface area contributed by atoms with Crippen molar-refractivity contribution in [3.8, 4) is 0 Å². The van der Waals surface area contributed by atoms with E-state index in [0.29, 0.717) is 11.8 Å². The molecule has 0 bridgehead atoms. The lowest BCUT2D eigenvalue weighted by Gasteiger charge is -2.40. The van der Waals surface area contributed by atoms with Crippen LogP contribution in [0.25, 0.3) is 0 Å². The summed E-state index contributed by atoms with van der Waals surface area (Å²) >= 11 is 3.44. The lowest BCUT2D eigenvalue weighted by molar-refractivity contribution is 0.0787. The fourth-order valence-corrected chi connectivity index (χ4v) is 2.14. The Morgan fingerprint density at radius 1 is 1.57 bits per heavy atom. The molecule has 1 fully saturated rings. The first-order valence-electron chi connectivity index (χ1n) is 4.39. The molecular weight excluding hydrogens is 246 g/mol. The Balaban J connectivity index is 2.18. The molecule has 0 atom stereocenters. The molecule has 0 amide bonds. The van der Waals surface area contributed by atoms with E-state index in [1.165, 1.54) is 0 Å². The Hall–Kier alpha value is -0.810. The van der Waals surface area contributed by atoms with Crippen LogP contribution in [0.4, 0.5) is 11.4 Å². The largest absolute Gasteiger partial charge is 0.396 e. The topological polar surface area (TPSA) is 51.4 Å². The SMILES string of the molecule is COC1CN(c2c(N)cncc2Br)C1. The van der Waals surface area contributed by atoms with Gasteiger partial charge in [-0.1, -0.05) is 0 Å². The first-order valence-corrected chi connectivity index (χ1v) is 5.18. The van der Waals surface area contributed by atoms with E-state index >= 15 is 0 Å². The van der Waals surface area contributed by atoms with Crippen molar-refractivity contribution in [1.82, 2.24) is 4.98 Å². The minimum atomic E-state index is 0.328. The minimum absolute atomic E-state index is 0.328. The molecule has 1 aromatic heterocycles. The van der Waals surface area contributed by atoms with Crippen molar-refractivity contribution in [2.45, 2.75) is 6.10 Å². The number of hydrogen-bond donors (Lipinski definition) is 1. The second-order valence-electron chi connectivity index (χ2n) is 3.32. The summed E-state index contributed by atoms with van der Waals surface area (Å²) in [5, 5.41) is 0. The molecule has 4 nitrogen and oxygen atoms in total. The number of hydrogen-bond acceptors (Lipinski definition) is 4. The predicted octanol–water partition coefficient (Wildman–Crippen LogP) is 1.26. The van der Waals surface area contributed by atoms with E-state index in [1.807, 2.05) is 0 Å². The van der Waals surface area contributed by atoms with E-state index in [4.69, 9.17) is 10.5 Å². The Bertz CT molecular complexity index is 319. The maximum absolute atomic E-state index is 5.84. The van der Waals surface area contributed by atoms with Gasteiger partial charge in [0, 0.05) is 26.4 Å². The number of aromatic nitrogens is 1. The highest BCUT2D eigenvalue weighted by molar-refractivity contribution is 9.10. The highest BCUT2D eigenvalue weighted by atomic mass is 79.9. The lowest BCUT2D eigenvalue weighted by atomic mass is 10.1. The summed E-state index contributed by atoms with van der Waals surface area (Å²) in [6.45, 7) is 1.78. The normalized spacial score (nSPS) is 16.9. The number of ether oxygens (including phenoxy) is 1. The Morgan fingerprint density at radius 2 is 2.29 bits per heavy atom. The molecule has 2 heterocycles. The average Bonchev–Trinajstić information content (AvgIpc) is 2.08. The van der Waals surface area contributed by atoms with E-state index in [1.54, 1.807) is 19.5 Å². The molecule has 1 aliphatic rings. The molecule has 0 saturated carbocycles. The number of rotatable bonds is 2. The third-order valence-corrected chi connectivity index (χ3v) is 2.98. The maximum Gasteiger partial charge on any atom is 0.0920 e. The summed E-state index contributed by atoms with van der Waals surface area (Å²) in [7, 11) is 1.73. The molecule has 0 unspecified atom stereocenters. The van der Waals surface area contributed by atoms with Gasteiger partial charge < -0.3 is 15.4 Å². The molecule has 76 valence electrons. The quantitative estimate of drug-likeness (QED) is 0.867. The molecule has 2 rings (SSSR count). The summed E-state index contributed by atoms with van der Waals surface area (Å²) in [4.78, 5) is 6.17. The Kier molecular flexibility index (Phi) is 2.60. The smallest absolute Gasteiger partial charge is 0.0920 e. The predicted molar refractivity (Wildman–Crippen MR) is 59.4 cm³/mol. The van der Waals surface area contributed by atoms with E-state index in [0.717, 1.165) is 23.2 Å². The molecule has 1 saturated heterocycles.